The van der Waals surface area contributed by atoms with Crippen molar-refractivity contribution < 1.29 is 13.9 Å². The fourth-order valence-corrected chi connectivity index (χ4v) is 5.16. The maximum Gasteiger partial charge on any atom is 0.140 e. The molecule has 2 heterocycles. The molecule has 4 nitrogen and oxygen atoms in total. The van der Waals surface area contributed by atoms with Crippen molar-refractivity contribution >= 4 is 29.2 Å². The number of rotatable bonds is 6. The van der Waals surface area contributed by atoms with Crippen LogP contribution >= 0.6 is 22.9 Å². The summed E-state index contributed by atoms with van der Waals surface area (Å²) in [6, 6.07) is 12.5. The number of aromatic nitrogens is 1. The molecular weight excluding hydrogens is 423 g/mol. The highest BCUT2D eigenvalue weighted by Gasteiger charge is 2.39. The van der Waals surface area contributed by atoms with Gasteiger partial charge in [-0.15, -0.1) is 11.3 Å². The minimum Gasteiger partial charge on any atom is -0.497 e. The van der Waals surface area contributed by atoms with E-state index in [0.29, 0.717) is 17.4 Å². The Bertz CT molecular complexity index is 1060. The van der Waals surface area contributed by atoms with Crippen molar-refractivity contribution in [2.45, 2.75) is 32.0 Å². The summed E-state index contributed by atoms with van der Waals surface area (Å²) in [4.78, 5) is 18.4. The summed E-state index contributed by atoms with van der Waals surface area (Å²) in [5, 5.41) is 3.14. The predicted molar refractivity (Wildman–Crippen MR) is 117 cm³/mol. The van der Waals surface area contributed by atoms with Crippen molar-refractivity contribution in [1.29, 1.82) is 0 Å². The highest BCUT2D eigenvalue weighted by Crippen LogP contribution is 2.41. The number of nitrogens with zero attached hydrogens (tertiary/aromatic N) is 2. The third kappa shape index (κ3) is 4.26. The molecule has 0 spiro atoms. The number of carbonyl (C=O) groups is 1. The van der Waals surface area contributed by atoms with Crippen LogP contribution in [0.1, 0.15) is 30.5 Å². The number of ether oxygens (including phenoxy) is 1. The SMILES string of the molecule is COc1cc(F)cc(C2CC(C)C(C=O)N2Cc2cccc(-c3nc(Cl)cs3)c2)c1. The second-order valence-corrected chi connectivity index (χ2v) is 8.87. The lowest BCUT2D eigenvalue weighted by Gasteiger charge is -2.29. The van der Waals surface area contributed by atoms with Crippen LogP contribution in [0.25, 0.3) is 10.6 Å². The van der Waals surface area contributed by atoms with Gasteiger partial charge in [-0.05, 0) is 41.7 Å². The van der Waals surface area contributed by atoms with Crippen LogP contribution in [-0.4, -0.2) is 29.3 Å². The van der Waals surface area contributed by atoms with E-state index in [-0.39, 0.29) is 23.8 Å². The lowest BCUT2D eigenvalue weighted by molar-refractivity contribution is -0.113. The van der Waals surface area contributed by atoms with Crippen molar-refractivity contribution in [3.8, 4) is 16.3 Å². The second-order valence-electron chi connectivity index (χ2n) is 7.63. The Balaban J connectivity index is 1.66. The Morgan fingerprint density at radius 2 is 2.17 bits per heavy atom. The van der Waals surface area contributed by atoms with Gasteiger partial charge >= 0.3 is 0 Å². The first-order chi connectivity index (χ1) is 14.5. The first-order valence-electron chi connectivity index (χ1n) is 9.74. The number of aldehydes is 1. The molecule has 0 radical (unpaired) electrons. The molecule has 1 aliphatic heterocycles. The summed E-state index contributed by atoms with van der Waals surface area (Å²) in [5.41, 5.74) is 2.88. The molecule has 0 aliphatic carbocycles. The minimum absolute atomic E-state index is 0.0715. The van der Waals surface area contributed by atoms with Crippen LogP contribution < -0.4 is 4.74 Å². The third-order valence-electron chi connectivity index (χ3n) is 5.63. The summed E-state index contributed by atoms with van der Waals surface area (Å²) in [5.74, 6) is 0.312. The molecule has 1 saturated heterocycles. The van der Waals surface area contributed by atoms with E-state index in [1.165, 1.54) is 30.6 Å². The van der Waals surface area contributed by atoms with Gasteiger partial charge in [0.15, 0.2) is 0 Å². The number of carbonyl (C=O) groups excluding carboxylic acids is 1. The smallest absolute Gasteiger partial charge is 0.140 e. The van der Waals surface area contributed by atoms with Gasteiger partial charge in [-0.2, -0.15) is 0 Å². The van der Waals surface area contributed by atoms with Gasteiger partial charge in [-0.1, -0.05) is 36.7 Å². The Morgan fingerprint density at radius 3 is 2.87 bits per heavy atom. The van der Waals surface area contributed by atoms with E-state index in [1.54, 1.807) is 0 Å². The number of likely N-dealkylation sites (tertiary alicyclic amines) is 1. The third-order valence-corrected chi connectivity index (χ3v) is 6.84. The number of thiazole rings is 1. The van der Waals surface area contributed by atoms with Crippen LogP contribution in [0.15, 0.2) is 47.8 Å². The number of hydrogen-bond acceptors (Lipinski definition) is 5. The molecule has 0 bridgehead atoms. The van der Waals surface area contributed by atoms with E-state index in [9.17, 15) is 9.18 Å². The van der Waals surface area contributed by atoms with Crippen LogP contribution in [0.3, 0.4) is 0 Å². The molecule has 0 saturated carbocycles. The van der Waals surface area contributed by atoms with Gasteiger partial charge in [0.05, 0.1) is 13.2 Å². The lowest BCUT2D eigenvalue weighted by atomic mass is 9.98. The van der Waals surface area contributed by atoms with Crippen molar-refractivity contribution in [2.24, 2.45) is 5.92 Å². The summed E-state index contributed by atoms with van der Waals surface area (Å²) in [6.45, 7) is 2.64. The van der Waals surface area contributed by atoms with Gasteiger partial charge in [0.2, 0.25) is 0 Å². The fraction of sp³-hybridized carbons (Fsp3) is 0.304. The molecule has 0 amide bonds. The summed E-state index contributed by atoms with van der Waals surface area (Å²) >= 11 is 7.47. The average molecular weight is 445 g/mol. The second kappa shape index (κ2) is 8.84. The van der Waals surface area contributed by atoms with Crippen LogP contribution in [0.4, 0.5) is 4.39 Å². The van der Waals surface area contributed by atoms with E-state index < -0.39 is 0 Å². The van der Waals surface area contributed by atoms with Gasteiger partial charge < -0.3 is 9.53 Å². The average Bonchev–Trinajstić information content (AvgIpc) is 3.30. The molecule has 7 heteroatoms. The van der Waals surface area contributed by atoms with Crippen molar-refractivity contribution in [3.63, 3.8) is 0 Å². The van der Waals surface area contributed by atoms with Crippen molar-refractivity contribution in [3.05, 3.63) is 69.9 Å². The van der Waals surface area contributed by atoms with E-state index >= 15 is 0 Å². The maximum absolute atomic E-state index is 14.2. The number of hydrogen-bond donors (Lipinski definition) is 0. The molecule has 1 fully saturated rings. The Hall–Kier alpha value is -2.28. The molecule has 3 unspecified atom stereocenters. The van der Waals surface area contributed by atoms with E-state index in [2.05, 4.69) is 22.9 Å². The molecule has 1 aromatic heterocycles. The van der Waals surface area contributed by atoms with Crippen molar-refractivity contribution in [1.82, 2.24) is 9.88 Å². The van der Waals surface area contributed by atoms with Gasteiger partial charge in [-0.25, -0.2) is 9.37 Å². The van der Waals surface area contributed by atoms with Gasteiger partial charge in [0, 0.05) is 29.6 Å². The van der Waals surface area contributed by atoms with Crippen molar-refractivity contribution in [2.75, 3.05) is 7.11 Å². The zero-order valence-electron chi connectivity index (χ0n) is 16.7. The fourth-order valence-electron chi connectivity index (χ4n) is 4.21. The zero-order valence-corrected chi connectivity index (χ0v) is 18.3. The highest BCUT2D eigenvalue weighted by atomic mass is 35.5. The standard InChI is InChI=1S/C23H22ClFN2O2S/c1-14-6-20(17-8-18(25)10-19(9-17)29-2)27(21(14)12-28)11-15-4-3-5-16(7-15)23-26-22(24)13-30-23/h3-5,7-10,12-14,20-21H,6,11H2,1-2H3. The molecular formula is C23H22ClFN2O2S. The first-order valence-corrected chi connectivity index (χ1v) is 11.0. The molecule has 3 aromatic rings. The lowest BCUT2D eigenvalue weighted by Crippen LogP contribution is -2.34. The monoisotopic (exact) mass is 444 g/mol. The summed E-state index contributed by atoms with van der Waals surface area (Å²) < 4.78 is 19.4. The van der Waals surface area contributed by atoms with Crippen LogP contribution in [-0.2, 0) is 11.3 Å². The van der Waals surface area contributed by atoms with Crippen LogP contribution in [0.5, 0.6) is 5.75 Å². The summed E-state index contributed by atoms with van der Waals surface area (Å²) in [7, 11) is 1.53. The van der Waals surface area contributed by atoms with E-state index in [4.69, 9.17) is 16.3 Å². The van der Waals surface area contributed by atoms with Gasteiger partial charge in [0.1, 0.15) is 28.0 Å². The maximum atomic E-state index is 14.2. The number of benzene rings is 2. The van der Waals surface area contributed by atoms with E-state index in [0.717, 1.165) is 34.4 Å². The molecule has 30 heavy (non-hydrogen) atoms. The zero-order chi connectivity index (χ0) is 21.3. The molecule has 1 aliphatic rings. The Kier molecular flexibility index (Phi) is 6.18. The number of halogens is 2. The molecule has 0 N–H and O–H groups in total. The molecule has 156 valence electrons. The normalized spacial score (nSPS) is 21.7. The molecule has 3 atom stereocenters. The highest BCUT2D eigenvalue weighted by molar-refractivity contribution is 7.13. The van der Waals surface area contributed by atoms with E-state index in [1.807, 2.05) is 29.6 Å². The topological polar surface area (TPSA) is 42.4 Å². The Labute approximate surface area is 184 Å². The number of methoxy groups -OCH3 is 1. The predicted octanol–water partition coefficient (Wildman–Crippen LogP) is 5.76. The first kappa shape index (κ1) is 21.0. The Morgan fingerprint density at radius 1 is 1.33 bits per heavy atom. The van der Waals surface area contributed by atoms with Crippen LogP contribution in [0.2, 0.25) is 5.15 Å². The van der Waals surface area contributed by atoms with Gasteiger partial charge in [-0.3, -0.25) is 4.90 Å². The van der Waals surface area contributed by atoms with Crippen LogP contribution in [0, 0.1) is 11.7 Å². The minimum atomic E-state index is -0.339. The van der Waals surface area contributed by atoms with Gasteiger partial charge in [0.25, 0.3) is 0 Å². The largest absolute Gasteiger partial charge is 0.497 e. The molecule has 4 rings (SSSR count). The summed E-state index contributed by atoms with van der Waals surface area (Å²) in [6.07, 6.45) is 1.78. The quantitative estimate of drug-likeness (QED) is 0.453. The molecule has 2 aromatic carbocycles.